The van der Waals surface area contributed by atoms with Crippen molar-refractivity contribution in [2.75, 3.05) is 26.8 Å². The van der Waals surface area contributed by atoms with Crippen molar-refractivity contribution in [3.63, 3.8) is 0 Å². The van der Waals surface area contributed by atoms with Crippen LogP contribution in [0.3, 0.4) is 0 Å². The highest BCUT2D eigenvalue weighted by Crippen LogP contribution is 2.17. The molecule has 0 aromatic heterocycles. The smallest absolute Gasteiger partial charge is 0.261 e. The van der Waals surface area contributed by atoms with Crippen LogP contribution in [0.2, 0.25) is 0 Å². The van der Waals surface area contributed by atoms with Crippen molar-refractivity contribution in [2.45, 2.75) is 39.7 Å². The van der Waals surface area contributed by atoms with Gasteiger partial charge in [0.25, 0.3) is 5.91 Å². The third-order valence-corrected chi connectivity index (χ3v) is 4.98. The van der Waals surface area contributed by atoms with Crippen molar-refractivity contribution < 1.29 is 19.1 Å². The van der Waals surface area contributed by atoms with Crippen LogP contribution >= 0.6 is 0 Å². The van der Waals surface area contributed by atoms with E-state index in [9.17, 15) is 9.59 Å². The quantitative estimate of drug-likeness (QED) is 0.562. The molecule has 0 bridgehead atoms. The number of methoxy groups -OCH3 is 1. The Balaban J connectivity index is 2.09. The summed E-state index contributed by atoms with van der Waals surface area (Å²) in [6.45, 7) is 6.91. The highest BCUT2D eigenvalue weighted by Gasteiger charge is 2.28. The first kappa shape index (κ1) is 24.3. The molecule has 0 aliphatic rings. The fourth-order valence-corrected chi connectivity index (χ4v) is 3.22. The Labute approximate surface area is 185 Å². The van der Waals surface area contributed by atoms with Crippen molar-refractivity contribution in [3.05, 3.63) is 60.2 Å². The number of nitrogens with one attached hydrogen (secondary N) is 1. The van der Waals surface area contributed by atoms with Crippen LogP contribution in [0, 0.1) is 5.92 Å². The molecule has 2 rings (SSSR count). The number of rotatable bonds is 12. The van der Waals surface area contributed by atoms with Gasteiger partial charge < -0.3 is 19.7 Å². The Hall–Kier alpha value is -3.02. The van der Waals surface area contributed by atoms with Gasteiger partial charge >= 0.3 is 0 Å². The molecule has 1 atom stereocenters. The predicted octanol–water partition coefficient (Wildman–Crippen LogP) is 3.70. The maximum atomic E-state index is 13.1. The molecule has 1 unspecified atom stereocenters. The zero-order valence-electron chi connectivity index (χ0n) is 19.0. The molecule has 168 valence electrons. The van der Waals surface area contributed by atoms with E-state index in [1.807, 2.05) is 51.1 Å². The van der Waals surface area contributed by atoms with Gasteiger partial charge in [0.15, 0.2) is 6.61 Å². The first-order valence-electron chi connectivity index (χ1n) is 10.8. The van der Waals surface area contributed by atoms with Gasteiger partial charge in [-0.2, -0.15) is 0 Å². The maximum absolute atomic E-state index is 13.1. The lowest BCUT2D eigenvalue weighted by atomic mass is 10.1. The third-order valence-electron chi connectivity index (χ3n) is 4.98. The summed E-state index contributed by atoms with van der Waals surface area (Å²) in [7, 11) is 1.60. The first-order valence-corrected chi connectivity index (χ1v) is 10.8. The number of ether oxygens (including phenoxy) is 2. The van der Waals surface area contributed by atoms with E-state index < -0.39 is 6.04 Å². The molecule has 2 amide bonds. The van der Waals surface area contributed by atoms with Gasteiger partial charge in [-0.15, -0.1) is 0 Å². The van der Waals surface area contributed by atoms with E-state index >= 15 is 0 Å². The molecule has 0 saturated heterocycles. The maximum Gasteiger partial charge on any atom is 0.261 e. The summed E-state index contributed by atoms with van der Waals surface area (Å²) < 4.78 is 10.8. The Bertz CT molecular complexity index is 806. The number of amides is 2. The van der Waals surface area contributed by atoms with E-state index in [0.29, 0.717) is 37.6 Å². The number of hydrogen-bond donors (Lipinski definition) is 1. The molecule has 1 N–H and O–H groups in total. The van der Waals surface area contributed by atoms with E-state index in [1.54, 1.807) is 36.3 Å². The summed E-state index contributed by atoms with van der Waals surface area (Å²) >= 11 is 0. The summed E-state index contributed by atoms with van der Waals surface area (Å²) in [6.07, 6.45) is 1.20. The van der Waals surface area contributed by atoms with Crippen LogP contribution in [0.1, 0.15) is 32.8 Å². The van der Waals surface area contributed by atoms with Crippen molar-refractivity contribution in [1.29, 1.82) is 0 Å². The van der Waals surface area contributed by atoms with Gasteiger partial charge in [-0.25, -0.2) is 0 Å². The number of hydrogen-bond acceptors (Lipinski definition) is 4. The van der Waals surface area contributed by atoms with Gasteiger partial charge in [0, 0.05) is 13.1 Å². The van der Waals surface area contributed by atoms with Gasteiger partial charge in [-0.05, 0) is 48.6 Å². The van der Waals surface area contributed by atoms with Crippen LogP contribution < -0.4 is 14.8 Å². The summed E-state index contributed by atoms with van der Waals surface area (Å²) in [5.41, 5.74) is 1.12. The highest BCUT2D eigenvalue weighted by molar-refractivity contribution is 5.88. The minimum atomic E-state index is -0.533. The fourth-order valence-electron chi connectivity index (χ4n) is 3.22. The summed E-state index contributed by atoms with van der Waals surface area (Å²) in [5.74, 6) is 1.30. The van der Waals surface area contributed by atoms with Crippen LogP contribution in [-0.4, -0.2) is 49.6 Å². The van der Waals surface area contributed by atoms with E-state index in [-0.39, 0.29) is 18.4 Å². The molecule has 0 radical (unpaired) electrons. The lowest BCUT2D eigenvalue weighted by molar-refractivity contribution is -0.142. The largest absolute Gasteiger partial charge is 0.497 e. The Morgan fingerprint density at radius 3 is 2.23 bits per heavy atom. The predicted molar refractivity (Wildman–Crippen MR) is 122 cm³/mol. The van der Waals surface area contributed by atoms with Gasteiger partial charge in [-0.1, -0.05) is 51.1 Å². The normalized spacial score (nSPS) is 11.6. The zero-order chi connectivity index (χ0) is 22.6. The van der Waals surface area contributed by atoms with Crippen molar-refractivity contribution >= 4 is 11.8 Å². The molecule has 0 aliphatic heterocycles. The lowest BCUT2D eigenvalue weighted by Crippen LogP contribution is -2.51. The Kier molecular flexibility index (Phi) is 9.88. The molecule has 0 saturated carbocycles. The topological polar surface area (TPSA) is 67.9 Å². The summed E-state index contributed by atoms with van der Waals surface area (Å²) in [4.78, 5) is 27.6. The second kappa shape index (κ2) is 12.6. The van der Waals surface area contributed by atoms with Crippen molar-refractivity contribution in [2.24, 2.45) is 5.92 Å². The standard InChI is InChI=1S/C25H34N2O4/c1-5-23(25(29)26-17-19(2)3)27(16-15-20-9-7-6-8-10-20)24(28)18-31-22-13-11-21(30-4)12-14-22/h6-14,19,23H,5,15-18H2,1-4H3,(H,26,29). The SMILES string of the molecule is CCC(C(=O)NCC(C)C)N(CCc1ccccc1)C(=O)COc1ccc(OC)cc1. The minimum Gasteiger partial charge on any atom is -0.497 e. The van der Waals surface area contributed by atoms with Crippen LogP contribution in [0.5, 0.6) is 11.5 Å². The van der Waals surface area contributed by atoms with Gasteiger partial charge in [-0.3, -0.25) is 9.59 Å². The third kappa shape index (κ3) is 7.96. The van der Waals surface area contributed by atoms with Crippen LogP contribution in [-0.2, 0) is 16.0 Å². The van der Waals surface area contributed by atoms with Gasteiger partial charge in [0.1, 0.15) is 17.5 Å². The summed E-state index contributed by atoms with van der Waals surface area (Å²) in [5, 5.41) is 2.97. The van der Waals surface area contributed by atoms with Gasteiger partial charge in [0.2, 0.25) is 5.91 Å². The van der Waals surface area contributed by atoms with E-state index in [1.165, 1.54) is 0 Å². The average Bonchev–Trinajstić information content (AvgIpc) is 2.79. The highest BCUT2D eigenvalue weighted by atomic mass is 16.5. The van der Waals surface area contributed by atoms with Crippen LogP contribution in [0.25, 0.3) is 0 Å². The molecule has 2 aromatic carbocycles. The summed E-state index contributed by atoms with van der Waals surface area (Å²) in [6, 6.07) is 16.5. The van der Waals surface area contributed by atoms with Crippen molar-refractivity contribution in [1.82, 2.24) is 10.2 Å². The Morgan fingerprint density at radius 1 is 1.00 bits per heavy atom. The second-order valence-corrected chi connectivity index (χ2v) is 7.85. The van der Waals surface area contributed by atoms with Crippen molar-refractivity contribution in [3.8, 4) is 11.5 Å². The molecule has 31 heavy (non-hydrogen) atoms. The zero-order valence-corrected chi connectivity index (χ0v) is 19.0. The van der Waals surface area contributed by atoms with Gasteiger partial charge in [0.05, 0.1) is 7.11 Å². The monoisotopic (exact) mass is 426 g/mol. The Morgan fingerprint density at radius 2 is 1.65 bits per heavy atom. The minimum absolute atomic E-state index is 0.123. The molecular weight excluding hydrogens is 392 g/mol. The number of nitrogens with zero attached hydrogens (tertiary/aromatic N) is 1. The van der Waals surface area contributed by atoms with E-state index in [2.05, 4.69) is 5.32 Å². The molecule has 6 nitrogen and oxygen atoms in total. The molecule has 0 fully saturated rings. The number of benzene rings is 2. The first-order chi connectivity index (χ1) is 14.9. The van der Waals surface area contributed by atoms with E-state index in [0.717, 1.165) is 11.3 Å². The average molecular weight is 427 g/mol. The number of carbonyl (C=O) groups excluding carboxylic acids is 2. The molecule has 0 aliphatic carbocycles. The lowest BCUT2D eigenvalue weighted by Gasteiger charge is -2.30. The van der Waals surface area contributed by atoms with Crippen LogP contribution in [0.15, 0.2) is 54.6 Å². The second-order valence-electron chi connectivity index (χ2n) is 7.85. The van der Waals surface area contributed by atoms with Crippen LogP contribution in [0.4, 0.5) is 0 Å². The van der Waals surface area contributed by atoms with E-state index in [4.69, 9.17) is 9.47 Å². The molecule has 0 spiro atoms. The molecule has 6 heteroatoms. The fraction of sp³-hybridized carbons (Fsp3) is 0.440. The molecule has 0 heterocycles. The molecular formula is C25H34N2O4. The number of carbonyl (C=O) groups is 2. The molecule has 2 aromatic rings.